The minimum atomic E-state index is -0.810. The summed E-state index contributed by atoms with van der Waals surface area (Å²) in [6.07, 6.45) is -0.810. The van der Waals surface area contributed by atoms with Gasteiger partial charge in [0.15, 0.2) is 0 Å². The van der Waals surface area contributed by atoms with Crippen LogP contribution in [-0.4, -0.2) is 5.11 Å². The SMILES string of the molecule is CC#CC(O)c1ccc(F)cc1. The predicted molar refractivity (Wildman–Crippen MR) is 44.8 cm³/mol. The van der Waals surface area contributed by atoms with E-state index in [1.165, 1.54) is 24.3 Å². The van der Waals surface area contributed by atoms with Crippen LogP contribution in [0.15, 0.2) is 24.3 Å². The average molecular weight is 164 g/mol. The molecular formula is C10H9FO. The molecule has 0 aliphatic carbocycles. The van der Waals surface area contributed by atoms with Crippen molar-refractivity contribution in [2.75, 3.05) is 0 Å². The molecule has 0 fully saturated rings. The zero-order chi connectivity index (χ0) is 8.97. The van der Waals surface area contributed by atoms with Gasteiger partial charge in [0, 0.05) is 0 Å². The molecule has 0 bridgehead atoms. The van der Waals surface area contributed by atoms with Gasteiger partial charge in [0.25, 0.3) is 0 Å². The Kier molecular flexibility index (Phi) is 2.84. The van der Waals surface area contributed by atoms with Crippen molar-refractivity contribution in [3.05, 3.63) is 35.6 Å². The predicted octanol–water partition coefficient (Wildman–Crippen LogP) is 1.88. The molecule has 1 aromatic rings. The van der Waals surface area contributed by atoms with Gasteiger partial charge in [-0.1, -0.05) is 18.1 Å². The van der Waals surface area contributed by atoms with Gasteiger partial charge >= 0.3 is 0 Å². The minimum Gasteiger partial charge on any atom is -0.376 e. The number of halogens is 1. The van der Waals surface area contributed by atoms with Crippen molar-refractivity contribution in [1.29, 1.82) is 0 Å². The van der Waals surface area contributed by atoms with Crippen LogP contribution < -0.4 is 0 Å². The Morgan fingerprint density at radius 1 is 1.33 bits per heavy atom. The van der Waals surface area contributed by atoms with E-state index in [1.54, 1.807) is 6.92 Å². The largest absolute Gasteiger partial charge is 0.376 e. The number of hydrogen-bond acceptors (Lipinski definition) is 1. The quantitative estimate of drug-likeness (QED) is 0.628. The van der Waals surface area contributed by atoms with Crippen molar-refractivity contribution in [3.63, 3.8) is 0 Å². The van der Waals surface area contributed by atoms with Gasteiger partial charge in [0.05, 0.1) is 0 Å². The second kappa shape index (κ2) is 3.89. The van der Waals surface area contributed by atoms with Crippen LogP contribution in [-0.2, 0) is 0 Å². The van der Waals surface area contributed by atoms with Crippen molar-refractivity contribution < 1.29 is 9.50 Å². The van der Waals surface area contributed by atoms with E-state index < -0.39 is 6.10 Å². The second-order valence-electron chi connectivity index (χ2n) is 2.35. The van der Waals surface area contributed by atoms with E-state index in [9.17, 15) is 9.50 Å². The van der Waals surface area contributed by atoms with E-state index in [0.29, 0.717) is 5.56 Å². The Hall–Kier alpha value is -1.33. The Morgan fingerprint density at radius 2 is 1.92 bits per heavy atom. The second-order valence-corrected chi connectivity index (χ2v) is 2.35. The topological polar surface area (TPSA) is 20.2 Å². The lowest BCUT2D eigenvalue weighted by molar-refractivity contribution is 0.238. The van der Waals surface area contributed by atoms with Gasteiger partial charge in [-0.2, -0.15) is 0 Å². The Morgan fingerprint density at radius 3 is 2.42 bits per heavy atom. The molecule has 0 radical (unpaired) electrons. The molecule has 0 aromatic heterocycles. The van der Waals surface area contributed by atoms with E-state index in [1.807, 2.05) is 0 Å². The molecule has 0 saturated carbocycles. The maximum absolute atomic E-state index is 12.4. The van der Waals surface area contributed by atoms with Crippen molar-refractivity contribution in [1.82, 2.24) is 0 Å². The molecule has 2 heteroatoms. The fourth-order valence-electron chi connectivity index (χ4n) is 0.865. The average Bonchev–Trinajstić information content (AvgIpc) is 2.06. The molecule has 1 rings (SSSR count). The lowest BCUT2D eigenvalue weighted by Crippen LogP contribution is -1.92. The molecule has 0 heterocycles. The number of hydrogen-bond donors (Lipinski definition) is 1. The van der Waals surface area contributed by atoms with Crippen molar-refractivity contribution in [2.45, 2.75) is 13.0 Å². The molecule has 62 valence electrons. The highest BCUT2D eigenvalue weighted by Gasteiger charge is 2.01. The molecule has 1 atom stereocenters. The summed E-state index contributed by atoms with van der Waals surface area (Å²) in [5.74, 6) is 4.84. The minimum absolute atomic E-state index is 0.310. The van der Waals surface area contributed by atoms with Crippen LogP contribution in [0.3, 0.4) is 0 Å². The van der Waals surface area contributed by atoms with Crippen molar-refractivity contribution >= 4 is 0 Å². The van der Waals surface area contributed by atoms with E-state index in [-0.39, 0.29) is 5.82 Å². The van der Waals surface area contributed by atoms with Crippen LogP contribution in [0, 0.1) is 17.7 Å². The third-order valence-corrected chi connectivity index (χ3v) is 1.47. The fourth-order valence-corrected chi connectivity index (χ4v) is 0.865. The normalized spacial score (nSPS) is 11.6. The summed E-state index contributed by atoms with van der Waals surface area (Å²) < 4.78 is 12.4. The van der Waals surface area contributed by atoms with Crippen LogP contribution >= 0.6 is 0 Å². The highest BCUT2D eigenvalue weighted by molar-refractivity contribution is 5.24. The first-order valence-electron chi connectivity index (χ1n) is 3.60. The van der Waals surface area contributed by atoms with Gasteiger partial charge in [-0.15, -0.1) is 5.92 Å². The van der Waals surface area contributed by atoms with Gasteiger partial charge < -0.3 is 5.11 Å². The van der Waals surface area contributed by atoms with E-state index in [0.717, 1.165) is 0 Å². The summed E-state index contributed by atoms with van der Waals surface area (Å²) in [5, 5.41) is 9.32. The maximum atomic E-state index is 12.4. The molecule has 0 amide bonds. The molecule has 1 nitrogen and oxygen atoms in total. The summed E-state index contributed by atoms with van der Waals surface area (Å²) in [4.78, 5) is 0. The summed E-state index contributed by atoms with van der Waals surface area (Å²) in [6, 6.07) is 5.64. The van der Waals surface area contributed by atoms with Crippen LogP contribution in [0.2, 0.25) is 0 Å². The third-order valence-electron chi connectivity index (χ3n) is 1.47. The summed E-state index contributed by atoms with van der Waals surface area (Å²) in [7, 11) is 0. The third kappa shape index (κ3) is 2.08. The van der Waals surface area contributed by atoms with Gasteiger partial charge in [-0.3, -0.25) is 0 Å². The molecule has 1 N–H and O–H groups in total. The summed E-state index contributed by atoms with van der Waals surface area (Å²) in [5.41, 5.74) is 0.616. The molecule has 0 aliphatic heterocycles. The lowest BCUT2D eigenvalue weighted by Gasteiger charge is -2.01. The molecular weight excluding hydrogens is 155 g/mol. The van der Waals surface area contributed by atoms with Gasteiger partial charge in [-0.05, 0) is 24.6 Å². The van der Waals surface area contributed by atoms with Crippen LogP contribution in [0.25, 0.3) is 0 Å². The van der Waals surface area contributed by atoms with Crippen molar-refractivity contribution in [3.8, 4) is 11.8 Å². The molecule has 0 saturated heterocycles. The first-order valence-corrected chi connectivity index (χ1v) is 3.60. The van der Waals surface area contributed by atoms with Gasteiger partial charge in [-0.25, -0.2) is 4.39 Å². The molecule has 1 unspecified atom stereocenters. The first-order chi connectivity index (χ1) is 5.74. The molecule has 0 spiro atoms. The highest BCUT2D eigenvalue weighted by atomic mass is 19.1. The van der Waals surface area contributed by atoms with Crippen LogP contribution in [0.4, 0.5) is 4.39 Å². The van der Waals surface area contributed by atoms with Crippen LogP contribution in [0.5, 0.6) is 0 Å². The monoisotopic (exact) mass is 164 g/mol. The lowest BCUT2D eigenvalue weighted by atomic mass is 10.1. The van der Waals surface area contributed by atoms with Gasteiger partial charge in [0.2, 0.25) is 0 Å². The maximum Gasteiger partial charge on any atom is 0.140 e. The molecule has 0 aliphatic rings. The van der Waals surface area contributed by atoms with E-state index in [4.69, 9.17) is 0 Å². The number of benzene rings is 1. The number of rotatable bonds is 1. The van der Waals surface area contributed by atoms with E-state index in [2.05, 4.69) is 11.8 Å². The Labute approximate surface area is 70.9 Å². The first kappa shape index (κ1) is 8.76. The van der Waals surface area contributed by atoms with Gasteiger partial charge in [0.1, 0.15) is 11.9 Å². The Balaban J connectivity index is 2.87. The molecule has 1 aromatic carbocycles. The number of aliphatic hydroxyl groups is 1. The summed E-state index contributed by atoms with van der Waals surface area (Å²) >= 11 is 0. The standard InChI is InChI=1S/C10H9FO/c1-2-3-10(12)8-4-6-9(11)7-5-8/h4-7,10,12H,1H3. The van der Waals surface area contributed by atoms with E-state index >= 15 is 0 Å². The zero-order valence-electron chi connectivity index (χ0n) is 6.71. The Bertz CT molecular complexity index is 305. The summed E-state index contributed by atoms with van der Waals surface area (Å²) in [6.45, 7) is 1.65. The fraction of sp³-hybridized carbons (Fsp3) is 0.200. The highest BCUT2D eigenvalue weighted by Crippen LogP contribution is 2.11. The van der Waals surface area contributed by atoms with Crippen LogP contribution in [0.1, 0.15) is 18.6 Å². The zero-order valence-corrected chi connectivity index (χ0v) is 6.71. The molecule has 12 heavy (non-hydrogen) atoms. The van der Waals surface area contributed by atoms with Crippen molar-refractivity contribution in [2.24, 2.45) is 0 Å². The smallest absolute Gasteiger partial charge is 0.140 e. The number of aliphatic hydroxyl groups excluding tert-OH is 1.